The zero-order valence-electron chi connectivity index (χ0n) is 12.0. The minimum Gasteiger partial charge on any atom is -0.273 e. The van der Waals surface area contributed by atoms with Crippen LogP contribution in [0, 0.1) is 0 Å². The summed E-state index contributed by atoms with van der Waals surface area (Å²) in [4.78, 5) is 39.7. The number of urea groups is 1. The molecule has 1 atom stereocenters. The van der Waals surface area contributed by atoms with Crippen LogP contribution in [0.4, 0.5) is 4.79 Å². The predicted octanol–water partition coefficient (Wildman–Crippen LogP) is 1.99. The van der Waals surface area contributed by atoms with Crippen molar-refractivity contribution in [1.82, 2.24) is 9.80 Å². The molecule has 6 heteroatoms. The minimum absolute atomic E-state index is 0.0887. The van der Waals surface area contributed by atoms with E-state index in [4.69, 9.17) is 11.6 Å². The topological polar surface area (TPSA) is 57.7 Å². The second kappa shape index (κ2) is 5.85. The highest BCUT2D eigenvalue weighted by molar-refractivity contribution is 6.23. The summed E-state index contributed by atoms with van der Waals surface area (Å²) in [6, 6.07) is 8.22. The largest absolute Gasteiger partial charge is 0.333 e. The number of rotatable bonds is 4. The van der Waals surface area contributed by atoms with Crippen molar-refractivity contribution in [3.63, 3.8) is 0 Å². The summed E-state index contributed by atoms with van der Waals surface area (Å²) in [6.07, 6.45) is 0.283. The van der Waals surface area contributed by atoms with Crippen LogP contribution in [0.5, 0.6) is 0 Å². The van der Waals surface area contributed by atoms with Crippen LogP contribution in [-0.2, 0) is 15.0 Å². The summed E-state index contributed by atoms with van der Waals surface area (Å²) in [5.74, 6) is -0.851. The quantitative estimate of drug-likeness (QED) is 0.631. The first kappa shape index (κ1) is 15.5. The molecule has 21 heavy (non-hydrogen) atoms. The number of halogens is 1. The first-order valence-electron chi connectivity index (χ1n) is 6.76. The Hall–Kier alpha value is -1.88. The number of carbonyl (C=O) groups excluding carboxylic acids is 3. The van der Waals surface area contributed by atoms with Crippen molar-refractivity contribution in [2.75, 3.05) is 19.5 Å². The second-order valence-corrected chi connectivity index (χ2v) is 5.30. The molecule has 1 aromatic rings. The summed E-state index contributed by atoms with van der Waals surface area (Å²) >= 11 is 5.68. The van der Waals surface area contributed by atoms with Crippen LogP contribution in [0.3, 0.4) is 0 Å². The van der Waals surface area contributed by atoms with Crippen molar-refractivity contribution >= 4 is 29.4 Å². The highest BCUT2D eigenvalue weighted by Crippen LogP contribution is 2.36. The van der Waals surface area contributed by atoms with Crippen LogP contribution in [0.15, 0.2) is 30.3 Å². The van der Waals surface area contributed by atoms with E-state index in [1.807, 2.05) is 6.07 Å². The van der Waals surface area contributed by atoms with Gasteiger partial charge in [-0.1, -0.05) is 37.3 Å². The predicted molar refractivity (Wildman–Crippen MR) is 79.0 cm³/mol. The number of nitrogens with zero attached hydrogens (tertiary/aromatic N) is 2. The molecule has 1 fully saturated rings. The van der Waals surface area contributed by atoms with Gasteiger partial charge in [0.25, 0.3) is 11.8 Å². The fraction of sp³-hybridized carbons (Fsp3) is 0.400. The Labute approximate surface area is 128 Å². The molecule has 2 rings (SSSR count). The van der Waals surface area contributed by atoms with Gasteiger partial charge in [-0.15, -0.1) is 11.6 Å². The fourth-order valence-electron chi connectivity index (χ4n) is 2.72. The fourth-order valence-corrected chi connectivity index (χ4v) is 2.89. The molecular weight excluding hydrogens is 292 g/mol. The SMILES string of the molecule is CCC1(c2ccccc2)C(=O)N(C)C(=O)N(CCCl)C1=O. The molecular formula is C15H17ClN2O3. The number of hydrogen-bond acceptors (Lipinski definition) is 3. The molecule has 0 aliphatic carbocycles. The van der Waals surface area contributed by atoms with Gasteiger partial charge in [0.1, 0.15) is 0 Å². The Morgan fingerprint density at radius 2 is 1.71 bits per heavy atom. The molecule has 112 valence electrons. The van der Waals surface area contributed by atoms with E-state index in [0.717, 1.165) is 9.80 Å². The Balaban J connectivity index is 2.60. The summed E-state index contributed by atoms with van der Waals surface area (Å²) < 4.78 is 0. The van der Waals surface area contributed by atoms with Gasteiger partial charge in [-0.25, -0.2) is 4.79 Å². The highest BCUT2D eigenvalue weighted by atomic mass is 35.5. The first-order chi connectivity index (χ1) is 10.0. The monoisotopic (exact) mass is 308 g/mol. The van der Waals surface area contributed by atoms with E-state index in [1.54, 1.807) is 31.2 Å². The molecule has 0 N–H and O–H groups in total. The number of benzene rings is 1. The summed E-state index contributed by atoms with van der Waals surface area (Å²) in [6.45, 7) is 1.86. The Kier molecular flexibility index (Phi) is 4.32. The Morgan fingerprint density at radius 1 is 1.10 bits per heavy atom. The normalized spacial score (nSPS) is 22.9. The molecule has 5 nitrogen and oxygen atoms in total. The minimum atomic E-state index is -1.35. The van der Waals surface area contributed by atoms with E-state index >= 15 is 0 Å². The highest BCUT2D eigenvalue weighted by Gasteiger charge is 2.56. The van der Waals surface area contributed by atoms with Gasteiger partial charge in [-0.05, 0) is 12.0 Å². The third-order valence-electron chi connectivity index (χ3n) is 3.90. The molecule has 1 aromatic carbocycles. The molecule has 1 saturated heterocycles. The van der Waals surface area contributed by atoms with Crippen LogP contribution in [-0.4, -0.2) is 47.1 Å². The van der Waals surface area contributed by atoms with Crippen molar-refractivity contribution in [3.8, 4) is 0 Å². The lowest BCUT2D eigenvalue weighted by Gasteiger charge is -2.42. The number of barbiturate groups is 1. The average molecular weight is 309 g/mol. The van der Waals surface area contributed by atoms with Gasteiger partial charge >= 0.3 is 6.03 Å². The summed E-state index contributed by atoms with van der Waals surface area (Å²) in [7, 11) is 1.39. The molecule has 0 spiro atoms. The van der Waals surface area contributed by atoms with Crippen LogP contribution >= 0.6 is 11.6 Å². The van der Waals surface area contributed by atoms with E-state index in [0.29, 0.717) is 5.56 Å². The van der Waals surface area contributed by atoms with Crippen molar-refractivity contribution in [2.45, 2.75) is 18.8 Å². The third-order valence-corrected chi connectivity index (χ3v) is 4.07. The average Bonchev–Trinajstić information content (AvgIpc) is 2.52. The lowest BCUT2D eigenvalue weighted by molar-refractivity contribution is -0.151. The maximum absolute atomic E-state index is 12.8. The molecule has 0 saturated carbocycles. The third kappa shape index (κ3) is 2.21. The van der Waals surface area contributed by atoms with Crippen molar-refractivity contribution in [1.29, 1.82) is 0 Å². The molecule has 1 unspecified atom stereocenters. The van der Waals surface area contributed by atoms with E-state index in [9.17, 15) is 14.4 Å². The lowest BCUT2D eigenvalue weighted by Crippen LogP contribution is -2.66. The number of amides is 4. The Morgan fingerprint density at radius 3 is 2.24 bits per heavy atom. The molecule has 4 amide bonds. The molecule has 0 aromatic heterocycles. The van der Waals surface area contributed by atoms with Crippen LogP contribution in [0.1, 0.15) is 18.9 Å². The number of imide groups is 2. The van der Waals surface area contributed by atoms with Gasteiger partial charge in [0, 0.05) is 19.5 Å². The Bertz CT molecular complexity index is 576. The van der Waals surface area contributed by atoms with Gasteiger partial charge < -0.3 is 0 Å². The van der Waals surface area contributed by atoms with Gasteiger partial charge in [-0.3, -0.25) is 19.4 Å². The molecule has 1 aliphatic rings. The van der Waals surface area contributed by atoms with Crippen LogP contribution < -0.4 is 0 Å². The molecule has 1 heterocycles. The maximum atomic E-state index is 12.8. The van der Waals surface area contributed by atoms with Crippen LogP contribution in [0.25, 0.3) is 0 Å². The van der Waals surface area contributed by atoms with Crippen molar-refractivity contribution in [3.05, 3.63) is 35.9 Å². The van der Waals surface area contributed by atoms with Crippen LogP contribution in [0.2, 0.25) is 0 Å². The number of hydrogen-bond donors (Lipinski definition) is 0. The maximum Gasteiger partial charge on any atom is 0.333 e. The summed E-state index contributed by atoms with van der Waals surface area (Å²) in [5.41, 5.74) is -0.753. The molecule has 1 aliphatic heterocycles. The van der Waals surface area contributed by atoms with E-state index in [-0.39, 0.29) is 18.8 Å². The number of likely N-dealkylation sites (N-methyl/N-ethyl adjacent to an activating group) is 1. The zero-order chi connectivity index (χ0) is 15.6. The van der Waals surface area contributed by atoms with Gasteiger partial charge in [-0.2, -0.15) is 0 Å². The van der Waals surface area contributed by atoms with Gasteiger partial charge in [0.15, 0.2) is 5.41 Å². The second-order valence-electron chi connectivity index (χ2n) is 4.92. The van der Waals surface area contributed by atoms with Crippen molar-refractivity contribution in [2.24, 2.45) is 0 Å². The lowest BCUT2D eigenvalue weighted by atomic mass is 9.74. The first-order valence-corrected chi connectivity index (χ1v) is 7.29. The number of carbonyl (C=O) groups is 3. The smallest absolute Gasteiger partial charge is 0.273 e. The van der Waals surface area contributed by atoms with E-state index in [2.05, 4.69) is 0 Å². The number of alkyl halides is 1. The van der Waals surface area contributed by atoms with Crippen molar-refractivity contribution < 1.29 is 14.4 Å². The summed E-state index contributed by atoms with van der Waals surface area (Å²) in [5, 5.41) is 0. The molecule has 0 radical (unpaired) electrons. The van der Waals surface area contributed by atoms with Gasteiger partial charge in [0.2, 0.25) is 0 Å². The van der Waals surface area contributed by atoms with Gasteiger partial charge in [0.05, 0.1) is 0 Å². The standard InChI is InChI=1S/C15H17ClN2O3/c1-3-15(11-7-5-4-6-8-11)12(19)17(2)14(21)18(10-9-16)13(15)20/h4-8H,3,9-10H2,1-2H3. The zero-order valence-corrected chi connectivity index (χ0v) is 12.8. The molecule has 0 bridgehead atoms. The van der Waals surface area contributed by atoms with E-state index in [1.165, 1.54) is 7.05 Å². The van der Waals surface area contributed by atoms with E-state index < -0.39 is 23.3 Å².